The first-order chi connectivity index (χ1) is 19.6. The van der Waals surface area contributed by atoms with E-state index in [9.17, 15) is 4.79 Å². The van der Waals surface area contributed by atoms with Crippen molar-refractivity contribution >= 4 is 50.4 Å². The Bertz CT molecular complexity index is 1490. The lowest BCUT2D eigenvalue weighted by Crippen LogP contribution is -2.23. The number of ether oxygens (including phenoxy) is 2. The van der Waals surface area contributed by atoms with E-state index < -0.39 is 16.1 Å². The molecular weight excluding hydrogens is 582 g/mol. The Morgan fingerprint density at radius 2 is 1.74 bits per heavy atom. The maximum Gasteiger partial charge on any atom is 0.223 e. The number of aromatic nitrogens is 4. The largest absolute Gasteiger partial charge is 0.361 e. The molecule has 11 heteroatoms. The van der Waals surface area contributed by atoms with E-state index >= 15 is 0 Å². The lowest BCUT2D eigenvalue weighted by molar-refractivity contribution is -0.116. The molecule has 0 aliphatic heterocycles. The first kappa shape index (κ1) is 31.4. The van der Waals surface area contributed by atoms with Gasteiger partial charge in [-0.3, -0.25) is 9.36 Å². The number of halogens is 1. The summed E-state index contributed by atoms with van der Waals surface area (Å²) in [6.07, 6.45) is 3.26. The Morgan fingerprint density at radius 1 is 1.10 bits per heavy atom. The maximum absolute atomic E-state index is 12.1. The normalized spacial score (nSPS) is 20.1. The molecule has 230 valence electrons. The van der Waals surface area contributed by atoms with E-state index in [1.165, 1.54) is 17.7 Å². The molecule has 5 rings (SSSR count). The molecule has 2 aliphatic carbocycles. The number of anilines is 1. The van der Waals surface area contributed by atoms with Crippen molar-refractivity contribution in [3.8, 4) is 11.5 Å². The zero-order chi connectivity index (χ0) is 30.6. The second-order valence-corrected chi connectivity index (χ2v) is 26.8. The van der Waals surface area contributed by atoms with Gasteiger partial charge in [0.1, 0.15) is 19.2 Å². The van der Waals surface area contributed by atoms with Crippen molar-refractivity contribution in [1.82, 2.24) is 19.3 Å². The minimum absolute atomic E-state index is 0.0609. The third-order valence-corrected chi connectivity index (χ3v) is 12.7. The van der Waals surface area contributed by atoms with Crippen LogP contribution in [-0.4, -0.2) is 61.6 Å². The van der Waals surface area contributed by atoms with Gasteiger partial charge in [0, 0.05) is 60.3 Å². The van der Waals surface area contributed by atoms with Crippen molar-refractivity contribution in [2.24, 2.45) is 11.3 Å². The number of rotatable bonds is 12. The van der Waals surface area contributed by atoms with Gasteiger partial charge in [0.2, 0.25) is 5.91 Å². The summed E-state index contributed by atoms with van der Waals surface area (Å²) < 4.78 is 16.7. The van der Waals surface area contributed by atoms with Crippen molar-refractivity contribution in [2.75, 3.05) is 25.2 Å². The Hall–Kier alpha value is -1.99. The van der Waals surface area contributed by atoms with Gasteiger partial charge in [-0.2, -0.15) is 5.10 Å². The quantitative estimate of drug-likeness (QED) is 0.155. The summed E-state index contributed by atoms with van der Waals surface area (Å²) >= 11 is 6.93. The van der Waals surface area contributed by atoms with E-state index in [-0.39, 0.29) is 5.91 Å². The van der Waals surface area contributed by atoms with Crippen LogP contribution >= 0.6 is 11.6 Å². The highest BCUT2D eigenvalue weighted by molar-refractivity contribution is 6.76. The summed E-state index contributed by atoms with van der Waals surface area (Å²) in [5.41, 5.74) is 6.06. The highest BCUT2D eigenvalue weighted by Crippen LogP contribution is 2.60. The lowest BCUT2D eigenvalue weighted by atomic mass is 9.87. The smallest absolute Gasteiger partial charge is 0.223 e. The van der Waals surface area contributed by atoms with Gasteiger partial charge >= 0.3 is 0 Å². The number of fused-ring (bicyclic) bond motifs is 3. The van der Waals surface area contributed by atoms with Crippen molar-refractivity contribution in [1.29, 1.82) is 0 Å². The third-order valence-electron chi connectivity index (χ3n) is 9.00. The number of imidazole rings is 1. The maximum atomic E-state index is 12.1. The van der Waals surface area contributed by atoms with Crippen LogP contribution in [0.5, 0.6) is 0 Å². The van der Waals surface area contributed by atoms with Crippen LogP contribution < -0.4 is 4.90 Å². The second kappa shape index (κ2) is 11.5. The molecule has 1 fully saturated rings. The van der Waals surface area contributed by atoms with Crippen molar-refractivity contribution < 1.29 is 14.3 Å². The van der Waals surface area contributed by atoms with Gasteiger partial charge in [-0.25, -0.2) is 9.67 Å². The fourth-order valence-electron chi connectivity index (χ4n) is 5.85. The topological polar surface area (TPSA) is 74.4 Å². The second-order valence-electron chi connectivity index (χ2n) is 15.1. The monoisotopic (exact) mass is 629 g/mol. The highest BCUT2D eigenvalue weighted by atomic mass is 35.5. The molecule has 0 N–H and O–H groups in total. The molecule has 8 nitrogen and oxygen atoms in total. The Balaban J connectivity index is 1.56. The van der Waals surface area contributed by atoms with Crippen LogP contribution in [0.25, 0.3) is 22.6 Å². The van der Waals surface area contributed by atoms with Gasteiger partial charge in [-0.05, 0) is 54.8 Å². The fourth-order valence-corrected chi connectivity index (χ4v) is 7.67. The van der Waals surface area contributed by atoms with Crippen LogP contribution in [0.2, 0.25) is 56.4 Å². The molecule has 1 saturated carbocycles. The number of nitrogens with zero attached hydrogens (tertiary/aromatic N) is 5. The van der Waals surface area contributed by atoms with Crippen molar-refractivity contribution in [3.63, 3.8) is 0 Å². The number of carbonyl (C=O) groups is 1. The average molecular weight is 630 g/mol. The molecule has 1 aromatic carbocycles. The molecule has 0 spiro atoms. The van der Waals surface area contributed by atoms with Gasteiger partial charge in [-0.1, -0.05) is 57.8 Å². The summed E-state index contributed by atoms with van der Waals surface area (Å²) in [7, 11) is -0.677. The first-order valence-corrected chi connectivity index (χ1v) is 23.0. The molecule has 2 atom stereocenters. The van der Waals surface area contributed by atoms with Crippen LogP contribution in [0.15, 0.2) is 12.1 Å². The molecule has 0 unspecified atom stereocenters. The standard InChI is InChI=1S/C31H48ClN5O3Si2/c1-21(38)35(3)23-15-25(32)29-26(16-23)33-30(36(29)19-39-10-12-41(4,5)6)28-24-14-22-17-31(22,2)18-27(24)37(34-28)20-40-11-13-42(7,8)9/h15-16,22H,10-14,17-20H2,1-9H3/t22-,31-/m1/s1. The van der Waals surface area contributed by atoms with Crippen LogP contribution in [0, 0.1) is 11.3 Å². The molecule has 2 aromatic heterocycles. The number of hydrogen-bond acceptors (Lipinski definition) is 5. The van der Waals surface area contributed by atoms with Gasteiger partial charge in [0.25, 0.3) is 0 Å². The molecule has 0 radical (unpaired) electrons. The zero-order valence-corrected chi connectivity index (χ0v) is 29.7. The number of hydrogen-bond donors (Lipinski definition) is 0. The summed E-state index contributed by atoms with van der Waals surface area (Å²) in [6, 6.07) is 5.98. The summed E-state index contributed by atoms with van der Waals surface area (Å²) in [5.74, 6) is 1.39. The number of amides is 1. The summed E-state index contributed by atoms with van der Waals surface area (Å²) in [6.45, 7) is 20.4. The Morgan fingerprint density at radius 3 is 2.36 bits per heavy atom. The van der Waals surface area contributed by atoms with Crippen LogP contribution in [-0.2, 0) is 40.6 Å². The van der Waals surface area contributed by atoms with Gasteiger partial charge < -0.3 is 14.4 Å². The molecule has 2 heterocycles. The zero-order valence-electron chi connectivity index (χ0n) is 26.9. The molecule has 3 aromatic rings. The SMILES string of the molecule is CC(=O)N(C)c1cc(Cl)c2c(c1)nc(-c1nn(COCC[Si](C)(C)C)c3c1C[C@@H]1C[C@]1(C)C3)n2COCC[Si](C)(C)C. The van der Waals surface area contributed by atoms with E-state index in [1.54, 1.807) is 18.9 Å². The predicted molar refractivity (Wildman–Crippen MR) is 177 cm³/mol. The van der Waals surface area contributed by atoms with Crippen LogP contribution in [0.4, 0.5) is 5.69 Å². The number of benzene rings is 1. The Kier molecular flexibility index (Phi) is 8.61. The molecule has 1 amide bonds. The minimum atomic E-state index is -1.25. The molecule has 42 heavy (non-hydrogen) atoms. The van der Waals surface area contributed by atoms with Crippen LogP contribution in [0.1, 0.15) is 31.5 Å². The van der Waals surface area contributed by atoms with E-state index in [1.807, 2.05) is 12.1 Å². The van der Waals surface area contributed by atoms with E-state index in [2.05, 4.69) is 55.5 Å². The molecular formula is C31H48ClN5O3Si2. The van der Waals surface area contributed by atoms with E-state index in [0.717, 1.165) is 54.1 Å². The van der Waals surface area contributed by atoms with Gasteiger partial charge in [0.15, 0.2) is 5.82 Å². The van der Waals surface area contributed by atoms with Crippen molar-refractivity contribution in [2.45, 2.75) is 97.9 Å². The minimum Gasteiger partial charge on any atom is -0.361 e. The van der Waals surface area contributed by atoms with E-state index in [4.69, 9.17) is 31.2 Å². The lowest BCUT2D eigenvalue weighted by Gasteiger charge is -2.20. The number of carbonyl (C=O) groups excluding carboxylic acids is 1. The molecule has 0 saturated heterocycles. The Labute approximate surface area is 257 Å². The molecule has 2 aliphatic rings. The molecule has 0 bridgehead atoms. The van der Waals surface area contributed by atoms with Gasteiger partial charge in [0.05, 0.1) is 16.1 Å². The van der Waals surface area contributed by atoms with Gasteiger partial charge in [-0.15, -0.1) is 0 Å². The highest BCUT2D eigenvalue weighted by Gasteiger charge is 2.54. The summed E-state index contributed by atoms with van der Waals surface area (Å²) in [5, 5.41) is 5.73. The third kappa shape index (κ3) is 6.72. The fraction of sp³-hybridized carbons (Fsp3) is 0.645. The van der Waals surface area contributed by atoms with Crippen LogP contribution in [0.3, 0.4) is 0 Å². The summed E-state index contributed by atoms with van der Waals surface area (Å²) in [4.78, 5) is 18.9. The predicted octanol–water partition coefficient (Wildman–Crippen LogP) is 7.29. The first-order valence-electron chi connectivity index (χ1n) is 15.2. The van der Waals surface area contributed by atoms with Crippen molar-refractivity contribution in [3.05, 3.63) is 28.4 Å². The average Bonchev–Trinajstić information content (AvgIpc) is 3.23. The van der Waals surface area contributed by atoms with E-state index in [0.29, 0.717) is 42.1 Å².